The predicted octanol–water partition coefficient (Wildman–Crippen LogP) is 2.11. The largest absolute Gasteiger partial charge is 0.457 e. The summed E-state index contributed by atoms with van der Waals surface area (Å²) in [6, 6.07) is 4.61. The molecule has 0 radical (unpaired) electrons. The minimum absolute atomic E-state index is 0.00912. The zero-order chi connectivity index (χ0) is 20.2. The predicted molar refractivity (Wildman–Crippen MR) is 94.7 cm³/mol. The summed E-state index contributed by atoms with van der Waals surface area (Å²) in [5.41, 5.74) is -0.663. The van der Waals surface area contributed by atoms with E-state index in [0.29, 0.717) is 0 Å². The van der Waals surface area contributed by atoms with Crippen LogP contribution in [0.4, 0.5) is 4.39 Å². The van der Waals surface area contributed by atoms with E-state index in [4.69, 9.17) is 9.47 Å². The van der Waals surface area contributed by atoms with Crippen molar-refractivity contribution in [2.45, 2.75) is 44.1 Å². The summed E-state index contributed by atoms with van der Waals surface area (Å²) in [6.45, 7) is 4.96. The average molecular weight is 401 g/mol. The Morgan fingerprint density at radius 1 is 1.15 bits per heavy atom. The number of rotatable bonds is 5. The van der Waals surface area contributed by atoms with Crippen LogP contribution in [0.25, 0.3) is 0 Å². The van der Waals surface area contributed by atoms with Crippen LogP contribution in [0.5, 0.6) is 0 Å². The van der Waals surface area contributed by atoms with Crippen molar-refractivity contribution in [3.8, 4) is 0 Å². The van der Waals surface area contributed by atoms with E-state index in [2.05, 4.69) is 0 Å². The number of ether oxygens (including phenoxy) is 2. The molecule has 2 rings (SSSR count). The average Bonchev–Trinajstić information content (AvgIpc) is 2.58. The fourth-order valence-electron chi connectivity index (χ4n) is 2.71. The van der Waals surface area contributed by atoms with Crippen LogP contribution < -0.4 is 0 Å². The third kappa shape index (κ3) is 6.00. The summed E-state index contributed by atoms with van der Waals surface area (Å²) in [5.74, 6) is -2.17. The summed E-state index contributed by atoms with van der Waals surface area (Å²) in [4.78, 5) is 23.7. The van der Waals surface area contributed by atoms with Crippen molar-refractivity contribution < 1.29 is 31.9 Å². The Hall–Kier alpha value is -2.00. The molecule has 0 aliphatic carbocycles. The molecule has 0 saturated carbocycles. The minimum atomic E-state index is -3.73. The lowest BCUT2D eigenvalue weighted by atomic mass is 9.98. The molecular formula is C18H24FNO6S. The minimum Gasteiger partial charge on any atom is -0.457 e. The van der Waals surface area contributed by atoms with E-state index < -0.39 is 45.9 Å². The molecule has 1 aromatic rings. The van der Waals surface area contributed by atoms with Gasteiger partial charge >= 0.3 is 11.9 Å². The molecular weight excluding hydrogens is 377 g/mol. The molecule has 0 amide bonds. The van der Waals surface area contributed by atoms with Crippen molar-refractivity contribution in [3.63, 3.8) is 0 Å². The maximum Gasteiger partial charge on any atom is 0.344 e. The van der Waals surface area contributed by atoms with Crippen molar-refractivity contribution in [2.24, 2.45) is 5.92 Å². The maximum atomic E-state index is 13.0. The summed E-state index contributed by atoms with van der Waals surface area (Å²) in [6.07, 6.45) is 0.571. The Balaban J connectivity index is 1.86. The second-order valence-corrected chi connectivity index (χ2v) is 9.26. The van der Waals surface area contributed by atoms with Crippen LogP contribution in [0, 0.1) is 11.7 Å². The molecule has 0 N–H and O–H groups in total. The number of benzene rings is 1. The fraction of sp³-hybridized carbons (Fsp3) is 0.556. The maximum absolute atomic E-state index is 13.0. The Morgan fingerprint density at radius 2 is 1.70 bits per heavy atom. The molecule has 0 aromatic heterocycles. The molecule has 1 aromatic carbocycles. The van der Waals surface area contributed by atoms with Gasteiger partial charge in [0.1, 0.15) is 11.4 Å². The van der Waals surface area contributed by atoms with Gasteiger partial charge in [-0.25, -0.2) is 17.6 Å². The lowest BCUT2D eigenvalue weighted by Gasteiger charge is -2.30. The van der Waals surface area contributed by atoms with Gasteiger partial charge < -0.3 is 9.47 Å². The Kier molecular flexibility index (Phi) is 6.59. The summed E-state index contributed by atoms with van der Waals surface area (Å²) < 4.78 is 49.4. The third-order valence-corrected chi connectivity index (χ3v) is 5.90. The molecule has 1 heterocycles. The molecule has 1 fully saturated rings. The van der Waals surface area contributed by atoms with Gasteiger partial charge in [-0.05, 0) is 57.9 Å². The van der Waals surface area contributed by atoms with E-state index in [-0.39, 0.29) is 30.8 Å². The second kappa shape index (κ2) is 8.35. The highest BCUT2D eigenvalue weighted by atomic mass is 32.2. The topological polar surface area (TPSA) is 90.0 Å². The molecule has 27 heavy (non-hydrogen) atoms. The second-order valence-electron chi connectivity index (χ2n) is 7.33. The van der Waals surface area contributed by atoms with E-state index in [1.807, 2.05) is 0 Å². The smallest absolute Gasteiger partial charge is 0.344 e. The third-order valence-electron chi connectivity index (χ3n) is 3.99. The van der Waals surface area contributed by atoms with Gasteiger partial charge in [-0.15, -0.1) is 0 Å². The number of esters is 2. The first-order valence-corrected chi connectivity index (χ1v) is 10.1. The van der Waals surface area contributed by atoms with E-state index in [0.717, 1.165) is 12.1 Å². The number of hydrogen-bond acceptors (Lipinski definition) is 6. The van der Waals surface area contributed by atoms with Crippen LogP contribution in [0.2, 0.25) is 0 Å². The first-order valence-electron chi connectivity index (χ1n) is 8.63. The van der Waals surface area contributed by atoms with Gasteiger partial charge in [-0.1, -0.05) is 0 Å². The number of halogens is 1. The normalized spacial score (nSPS) is 16.7. The van der Waals surface area contributed by atoms with Crippen molar-refractivity contribution >= 4 is 22.0 Å². The van der Waals surface area contributed by atoms with Crippen molar-refractivity contribution in [3.05, 3.63) is 30.1 Å². The Bertz CT molecular complexity index is 777. The first kappa shape index (κ1) is 21.3. The first-order chi connectivity index (χ1) is 12.5. The quantitative estimate of drug-likeness (QED) is 0.702. The zero-order valence-electron chi connectivity index (χ0n) is 15.6. The molecule has 0 spiro atoms. The van der Waals surface area contributed by atoms with E-state index >= 15 is 0 Å². The molecule has 0 bridgehead atoms. The van der Waals surface area contributed by atoms with Crippen LogP contribution in [0.15, 0.2) is 29.2 Å². The number of piperidine rings is 1. The molecule has 0 unspecified atom stereocenters. The number of carbonyl (C=O) groups is 2. The lowest BCUT2D eigenvalue weighted by molar-refractivity contribution is -0.168. The van der Waals surface area contributed by atoms with Gasteiger partial charge in [0.25, 0.3) is 0 Å². The van der Waals surface area contributed by atoms with Gasteiger partial charge in [-0.2, -0.15) is 4.31 Å². The molecule has 7 nitrogen and oxygen atoms in total. The monoisotopic (exact) mass is 401 g/mol. The van der Waals surface area contributed by atoms with Crippen molar-refractivity contribution in [2.75, 3.05) is 19.7 Å². The standard InChI is InChI=1S/C18H24FNO6S/c1-18(2,3)26-16(21)12-25-17(22)13-8-10-20(11-9-13)27(23,24)15-6-4-14(19)5-7-15/h4-7,13H,8-12H2,1-3H3. The lowest BCUT2D eigenvalue weighted by Crippen LogP contribution is -2.41. The van der Waals surface area contributed by atoms with Crippen LogP contribution in [0.1, 0.15) is 33.6 Å². The van der Waals surface area contributed by atoms with E-state index in [1.54, 1.807) is 20.8 Å². The highest BCUT2D eigenvalue weighted by molar-refractivity contribution is 7.89. The molecule has 0 atom stereocenters. The summed E-state index contributed by atoms with van der Waals surface area (Å²) in [5, 5.41) is 0. The molecule has 1 aliphatic rings. The highest BCUT2D eigenvalue weighted by Gasteiger charge is 2.33. The number of carbonyl (C=O) groups excluding carboxylic acids is 2. The van der Waals surface area contributed by atoms with Gasteiger partial charge in [-0.3, -0.25) is 4.79 Å². The van der Waals surface area contributed by atoms with Crippen LogP contribution in [-0.2, 0) is 29.1 Å². The summed E-state index contributed by atoms with van der Waals surface area (Å²) >= 11 is 0. The van der Waals surface area contributed by atoms with Crippen molar-refractivity contribution in [1.82, 2.24) is 4.31 Å². The van der Waals surface area contributed by atoms with Crippen LogP contribution >= 0.6 is 0 Å². The Labute approximate surface area is 158 Å². The van der Waals surface area contributed by atoms with Crippen molar-refractivity contribution in [1.29, 1.82) is 0 Å². The zero-order valence-corrected chi connectivity index (χ0v) is 16.4. The number of hydrogen-bond donors (Lipinski definition) is 0. The molecule has 9 heteroatoms. The summed E-state index contributed by atoms with van der Waals surface area (Å²) in [7, 11) is -3.73. The molecule has 150 valence electrons. The van der Waals surface area contributed by atoms with Gasteiger partial charge in [0, 0.05) is 13.1 Å². The Morgan fingerprint density at radius 3 is 2.22 bits per heavy atom. The van der Waals surface area contributed by atoms with Gasteiger partial charge in [0.05, 0.1) is 10.8 Å². The van der Waals surface area contributed by atoms with E-state index in [1.165, 1.54) is 16.4 Å². The highest BCUT2D eigenvalue weighted by Crippen LogP contribution is 2.24. The number of sulfonamides is 1. The van der Waals surface area contributed by atoms with Crippen LogP contribution in [0.3, 0.4) is 0 Å². The number of nitrogens with zero attached hydrogens (tertiary/aromatic N) is 1. The van der Waals surface area contributed by atoms with E-state index in [9.17, 15) is 22.4 Å². The van der Waals surface area contributed by atoms with Crippen LogP contribution in [-0.4, -0.2) is 50.0 Å². The molecule has 1 saturated heterocycles. The SMILES string of the molecule is CC(C)(C)OC(=O)COC(=O)C1CCN(S(=O)(=O)c2ccc(F)cc2)CC1. The fourth-order valence-corrected chi connectivity index (χ4v) is 4.18. The van der Waals surface area contributed by atoms with Gasteiger partial charge in [0.2, 0.25) is 10.0 Å². The van der Waals surface area contributed by atoms with Gasteiger partial charge in [0.15, 0.2) is 6.61 Å². The molecule has 1 aliphatic heterocycles.